The lowest BCUT2D eigenvalue weighted by Gasteiger charge is -2.03. The van der Waals surface area contributed by atoms with Gasteiger partial charge in [0.15, 0.2) is 0 Å². The van der Waals surface area contributed by atoms with Gasteiger partial charge in [0.25, 0.3) is 0 Å². The molecule has 0 aliphatic rings. The molecule has 1 aromatic heterocycles. The summed E-state index contributed by atoms with van der Waals surface area (Å²) in [6.45, 7) is 0. The standard InChI is InChI=1S/C11H6BrN3O/c12-8-3-1-7(2-4-8)10-6-14-15-11(16)9(10)5-13/h1-4,6H,(H,15,16). The van der Waals surface area contributed by atoms with Gasteiger partial charge in [0.2, 0.25) is 5.88 Å². The molecule has 1 aromatic carbocycles. The molecule has 0 spiro atoms. The second-order valence-corrected chi connectivity index (χ2v) is 3.99. The molecule has 0 bridgehead atoms. The van der Waals surface area contributed by atoms with Crippen molar-refractivity contribution in [2.45, 2.75) is 0 Å². The zero-order valence-corrected chi connectivity index (χ0v) is 9.64. The SMILES string of the molecule is N#Cc1c(-c2ccc(Br)cc2)cnnc1O. The molecule has 78 valence electrons. The molecule has 0 saturated heterocycles. The highest BCUT2D eigenvalue weighted by atomic mass is 79.9. The first kappa shape index (κ1) is 10.6. The van der Waals surface area contributed by atoms with Crippen LogP contribution in [-0.4, -0.2) is 15.3 Å². The molecule has 0 radical (unpaired) electrons. The first-order chi connectivity index (χ1) is 7.72. The van der Waals surface area contributed by atoms with E-state index >= 15 is 0 Å². The number of benzene rings is 1. The van der Waals surface area contributed by atoms with Crippen molar-refractivity contribution >= 4 is 15.9 Å². The number of nitriles is 1. The van der Waals surface area contributed by atoms with E-state index in [4.69, 9.17) is 5.26 Å². The third-order valence-corrected chi connectivity index (χ3v) is 2.63. The van der Waals surface area contributed by atoms with Gasteiger partial charge in [-0.05, 0) is 17.7 Å². The number of aromatic nitrogens is 2. The molecule has 0 aliphatic heterocycles. The lowest BCUT2D eigenvalue weighted by molar-refractivity contribution is 0.443. The summed E-state index contributed by atoms with van der Waals surface area (Å²) in [5, 5.41) is 25.4. The van der Waals surface area contributed by atoms with Gasteiger partial charge in [0.05, 0.1) is 6.20 Å². The minimum atomic E-state index is -0.345. The van der Waals surface area contributed by atoms with E-state index < -0.39 is 0 Å². The number of aromatic hydroxyl groups is 1. The van der Waals surface area contributed by atoms with E-state index in [-0.39, 0.29) is 11.4 Å². The molecular formula is C11H6BrN3O. The molecule has 1 N–H and O–H groups in total. The molecule has 2 rings (SSSR count). The first-order valence-electron chi connectivity index (χ1n) is 4.43. The van der Waals surface area contributed by atoms with Crippen molar-refractivity contribution in [2.75, 3.05) is 0 Å². The highest BCUT2D eigenvalue weighted by Gasteiger charge is 2.10. The Hall–Kier alpha value is -1.93. The molecular weight excluding hydrogens is 270 g/mol. The van der Waals surface area contributed by atoms with Crippen LogP contribution < -0.4 is 0 Å². The highest BCUT2D eigenvalue weighted by Crippen LogP contribution is 2.27. The fourth-order valence-electron chi connectivity index (χ4n) is 1.33. The Balaban J connectivity index is 2.61. The van der Waals surface area contributed by atoms with Gasteiger partial charge in [0.1, 0.15) is 11.6 Å². The van der Waals surface area contributed by atoms with Crippen LogP contribution in [0, 0.1) is 11.3 Å². The number of hydrogen-bond donors (Lipinski definition) is 1. The van der Waals surface area contributed by atoms with E-state index in [9.17, 15) is 5.11 Å². The summed E-state index contributed by atoms with van der Waals surface area (Å²) in [5.41, 5.74) is 1.52. The molecule has 0 aliphatic carbocycles. The van der Waals surface area contributed by atoms with Crippen LogP contribution in [0.5, 0.6) is 5.88 Å². The number of halogens is 1. The van der Waals surface area contributed by atoms with Gasteiger partial charge in [-0.15, -0.1) is 5.10 Å². The molecule has 16 heavy (non-hydrogen) atoms. The van der Waals surface area contributed by atoms with Gasteiger partial charge >= 0.3 is 0 Å². The zero-order valence-electron chi connectivity index (χ0n) is 8.05. The molecule has 0 saturated carbocycles. The van der Waals surface area contributed by atoms with E-state index in [0.29, 0.717) is 5.56 Å². The van der Waals surface area contributed by atoms with Crippen molar-refractivity contribution in [1.29, 1.82) is 5.26 Å². The topological polar surface area (TPSA) is 69.8 Å². The van der Waals surface area contributed by atoms with Crippen molar-refractivity contribution in [2.24, 2.45) is 0 Å². The van der Waals surface area contributed by atoms with Gasteiger partial charge < -0.3 is 5.11 Å². The van der Waals surface area contributed by atoms with Gasteiger partial charge in [0, 0.05) is 10.0 Å². The lowest BCUT2D eigenvalue weighted by Crippen LogP contribution is -1.90. The van der Waals surface area contributed by atoms with Crippen LogP contribution in [0.1, 0.15) is 5.56 Å². The third-order valence-electron chi connectivity index (χ3n) is 2.10. The van der Waals surface area contributed by atoms with Gasteiger partial charge in [-0.25, -0.2) is 0 Å². The average molecular weight is 276 g/mol. The summed E-state index contributed by atoms with van der Waals surface area (Å²) in [4.78, 5) is 0. The second-order valence-electron chi connectivity index (χ2n) is 3.08. The van der Waals surface area contributed by atoms with Crippen LogP contribution in [0.25, 0.3) is 11.1 Å². The Labute approximate surface area is 100 Å². The first-order valence-corrected chi connectivity index (χ1v) is 5.22. The second kappa shape index (κ2) is 4.29. The normalized spacial score (nSPS) is 9.75. The number of nitrogens with zero attached hydrogens (tertiary/aromatic N) is 3. The molecule has 1 heterocycles. The van der Waals surface area contributed by atoms with E-state index in [2.05, 4.69) is 26.1 Å². The van der Waals surface area contributed by atoms with Gasteiger partial charge in [-0.2, -0.15) is 10.4 Å². The Morgan fingerprint density at radius 3 is 2.56 bits per heavy atom. The predicted molar refractivity (Wildman–Crippen MR) is 61.5 cm³/mol. The molecule has 0 unspecified atom stereocenters. The summed E-state index contributed by atoms with van der Waals surface area (Å²) < 4.78 is 0.945. The molecule has 0 fully saturated rings. The maximum Gasteiger partial charge on any atom is 0.249 e. The van der Waals surface area contributed by atoms with E-state index in [1.165, 1.54) is 6.20 Å². The van der Waals surface area contributed by atoms with Crippen molar-refractivity contribution < 1.29 is 5.11 Å². The monoisotopic (exact) mass is 275 g/mol. The summed E-state index contributed by atoms with van der Waals surface area (Å²) in [6.07, 6.45) is 1.46. The summed E-state index contributed by atoms with van der Waals surface area (Å²) >= 11 is 3.33. The molecule has 5 heteroatoms. The van der Waals surface area contributed by atoms with Gasteiger partial charge in [-0.1, -0.05) is 28.1 Å². The molecule has 0 atom stereocenters. The zero-order chi connectivity index (χ0) is 11.5. The average Bonchev–Trinajstić information content (AvgIpc) is 2.30. The fourth-order valence-corrected chi connectivity index (χ4v) is 1.60. The van der Waals surface area contributed by atoms with Crippen LogP contribution in [0.4, 0.5) is 0 Å². The highest BCUT2D eigenvalue weighted by molar-refractivity contribution is 9.10. The maximum absolute atomic E-state index is 9.40. The van der Waals surface area contributed by atoms with Crippen LogP contribution in [0.15, 0.2) is 34.9 Å². The van der Waals surface area contributed by atoms with Crippen molar-refractivity contribution in [3.63, 3.8) is 0 Å². The number of hydrogen-bond acceptors (Lipinski definition) is 4. The van der Waals surface area contributed by atoms with Crippen LogP contribution in [0.2, 0.25) is 0 Å². The van der Waals surface area contributed by atoms with E-state index in [1.807, 2.05) is 30.3 Å². The predicted octanol–water partition coefficient (Wildman–Crippen LogP) is 2.48. The number of rotatable bonds is 1. The van der Waals surface area contributed by atoms with Crippen LogP contribution in [-0.2, 0) is 0 Å². The van der Waals surface area contributed by atoms with Crippen LogP contribution in [0.3, 0.4) is 0 Å². The summed E-state index contributed by atoms with van der Waals surface area (Å²) in [7, 11) is 0. The van der Waals surface area contributed by atoms with Crippen molar-refractivity contribution in [3.05, 3.63) is 40.5 Å². The quantitative estimate of drug-likeness (QED) is 0.868. The van der Waals surface area contributed by atoms with Gasteiger partial charge in [-0.3, -0.25) is 0 Å². The van der Waals surface area contributed by atoms with Crippen molar-refractivity contribution in [1.82, 2.24) is 10.2 Å². The van der Waals surface area contributed by atoms with E-state index in [1.54, 1.807) is 0 Å². The Kier molecular flexibility index (Phi) is 2.84. The molecule has 4 nitrogen and oxygen atoms in total. The Bertz CT molecular complexity index is 560. The minimum absolute atomic E-state index is 0.136. The van der Waals surface area contributed by atoms with E-state index in [0.717, 1.165) is 10.0 Å². The Morgan fingerprint density at radius 2 is 1.94 bits per heavy atom. The largest absolute Gasteiger partial charge is 0.491 e. The van der Waals surface area contributed by atoms with Crippen molar-refractivity contribution in [3.8, 4) is 23.1 Å². The maximum atomic E-state index is 9.40. The molecule has 0 amide bonds. The smallest absolute Gasteiger partial charge is 0.249 e. The lowest BCUT2D eigenvalue weighted by atomic mass is 10.0. The third kappa shape index (κ3) is 1.88. The summed E-state index contributed by atoms with van der Waals surface area (Å²) in [5.74, 6) is -0.345. The minimum Gasteiger partial charge on any atom is -0.491 e. The fraction of sp³-hybridized carbons (Fsp3) is 0. The van der Waals surface area contributed by atoms with Crippen LogP contribution >= 0.6 is 15.9 Å². The summed E-state index contributed by atoms with van der Waals surface area (Å²) in [6, 6.07) is 9.29. The molecule has 2 aromatic rings. The Morgan fingerprint density at radius 1 is 1.25 bits per heavy atom.